The van der Waals surface area contributed by atoms with E-state index in [1.165, 1.54) is 14.2 Å². The summed E-state index contributed by atoms with van der Waals surface area (Å²) in [5.41, 5.74) is 1.90. The van der Waals surface area contributed by atoms with Crippen LogP contribution in [0.1, 0.15) is 28.5 Å². The largest absolute Gasteiger partial charge is 0.493 e. The van der Waals surface area contributed by atoms with Gasteiger partial charge in [-0.05, 0) is 39.7 Å². The Bertz CT molecular complexity index is 1050. The summed E-state index contributed by atoms with van der Waals surface area (Å²) in [5.74, 6) is 0.260. The van der Waals surface area contributed by atoms with Crippen LogP contribution >= 0.6 is 15.9 Å². The van der Waals surface area contributed by atoms with Crippen molar-refractivity contribution in [3.05, 3.63) is 58.2 Å². The van der Waals surface area contributed by atoms with Crippen LogP contribution in [0.5, 0.6) is 11.5 Å². The minimum atomic E-state index is -0.618. The van der Waals surface area contributed by atoms with Gasteiger partial charge in [0.2, 0.25) is 0 Å². The van der Waals surface area contributed by atoms with Crippen molar-refractivity contribution in [2.75, 3.05) is 21.3 Å². The first-order valence-corrected chi connectivity index (χ1v) is 9.63. The number of rotatable bonds is 7. The molecule has 1 atom stereocenters. The number of esters is 1. The van der Waals surface area contributed by atoms with Crippen molar-refractivity contribution in [3.63, 3.8) is 0 Å². The Kier molecular flexibility index (Phi) is 6.43. The van der Waals surface area contributed by atoms with Crippen LogP contribution in [0.15, 0.2) is 46.9 Å². The molecule has 1 aromatic heterocycles. The lowest BCUT2D eigenvalue weighted by atomic mass is 10.0. The van der Waals surface area contributed by atoms with Gasteiger partial charge in [-0.15, -0.1) is 0 Å². The summed E-state index contributed by atoms with van der Waals surface area (Å²) in [6.07, 6.45) is -0.0322. The molecule has 1 unspecified atom stereocenters. The van der Waals surface area contributed by atoms with Crippen molar-refractivity contribution in [1.82, 2.24) is 10.3 Å². The van der Waals surface area contributed by atoms with Gasteiger partial charge < -0.3 is 24.5 Å². The summed E-state index contributed by atoms with van der Waals surface area (Å²) in [7, 11) is 4.37. The lowest BCUT2D eigenvalue weighted by Crippen LogP contribution is -2.31. The number of carbonyl (C=O) groups excluding carboxylic acids is 2. The molecule has 0 bridgehead atoms. The van der Waals surface area contributed by atoms with Gasteiger partial charge in [-0.3, -0.25) is 9.59 Å². The first-order chi connectivity index (χ1) is 14.0. The summed E-state index contributed by atoms with van der Waals surface area (Å²) < 4.78 is 16.1. The molecule has 0 aliphatic rings. The number of hydrogen-bond acceptors (Lipinski definition) is 5. The van der Waals surface area contributed by atoms with Gasteiger partial charge in [-0.25, -0.2) is 0 Å². The predicted octanol–water partition coefficient (Wildman–Crippen LogP) is 3.98. The van der Waals surface area contributed by atoms with Crippen LogP contribution in [0.25, 0.3) is 10.9 Å². The summed E-state index contributed by atoms with van der Waals surface area (Å²) in [5, 5.41) is 3.80. The van der Waals surface area contributed by atoms with Crippen molar-refractivity contribution >= 4 is 38.7 Å². The quantitative estimate of drug-likeness (QED) is 0.520. The Morgan fingerprint density at radius 3 is 2.45 bits per heavy atom. The predicted molar refractivity (Wildman–Crippen MR) is 112 cm³/mol. The van der Waals surface area contributed by atoms with Gasteiger partial charge in [0.1, 0.15) is 5.69 Å². The van der Waals surface area contributed by atoms with Gasteiger partial charge in [0.05, 0.1) is 38.3 Å². The van der Waals surface area contributed by atoms with Gasteiger partial charge in [-0.1, -0.05) is 24.3 Å². The lowest BCUT2D eigenvalue weighted by Gasteiger charge is -2.19. The van der Waals surface area contributed by atoms with E-state index in [2.05, 4.69) is 26.2 Å². The molecule has 152 valence electrons. The molecule has 2 N–H and O–H groups in total. The normalized spacial score (nSPS) is 11.7. The number of aromatic amines is 1. The third-order valence-corrected chi connectivity index (χ3v) is 5.41. The molecule has 0 fully saturated rings. The molecule has 1 heterocycles. The molecule has 7 nitrogen and oxygen atoms in total. The van der Waals surface area contributed by atoms with E-state index in [1.807, 2.05) is 24.3 Å². The number of ether oxygens (including phenoxy) is 3. The fraction of sp³-hybridized carbons (Fsp3) is 0.238. The number of halogens is 1. The monoisotopic (exact) mass is 460 g/mol. The number of para-hydroxylation sites is 1. The highest BCUT2D eigenvalue weighted by Gasteiger charge is 2.24. The van der Waals surface area contributed by atoms with Crippen LogP contribution in [0.4, 0.5) is 0 Å². The van der Waals surface area contributed by atoms with Gasteiger partial charge in [-0.2, -0.15) is 0 Å². The van der Waals surface area contributed by atoms with E-state index in [0.29, 0.717) is 27.2 Å². The molecule has 0 saturated heterocycles. The Labute approximate surface area is 176 Å². The number of benzene rings is 2. The molecule has 1 amide bonds. The molecule has 0 spiro atoms. The van der Waals surface area contributed by atoms with Crippen LogP contribution < -0.4 is 14.8 Å². The second-order valence-electron chi connectivity index (χ2n) is 6.28. The number of amides is 1. The molecule has 0 aliphatic carbocycles. The van der Waals surface area contributed by atoms with E-state index < -0.39 is 12.0 Å². The fourth-order valence-corrected chi connectivity index (χ4v) is 3.69. The molecule has 0 radical (unpaired) electrons. The second kappa shape index (κ2) is 9.00. The molecular weight excluding hydrogens is 440 g/mol. The molecule has 8 heteroatoms. The maximum absolute atomic E-state index is 13.0. The van der Waals surface area contributed by atoms with Gasteiger partial charge in [0, 0.05) is 10.9 Å². The lowest BCUT2D eigenvalue weighted by molar-refractivity contribution is -0.141. The number of hydrogen-bond donors (Lipinski definition) is 2. The SMILES string of the molecule is COC(=O)CC(NC(=O)c1[nH]c2ccccc2c1Br)c1ccc(OC)c(OC)c1. The van der Waals surface area contributed by atoms with Crippen LogP contribution in [0, 0.1) is 0 Å². The third kappa shape index (κ3) is 4.37. The Hall–Kier alpha value is -3.00. The third-order valence-electron chi connectivity index (χ3n) is 4.58. The smallest absolute Gasteiger partial charge is 0.307 e. The van der Waals surface area contributed by atoms with E-state index in [-0.39, 0.29) is 12.3 Å². The van der Waals surface area contributed by atoms with Crippen molar-refractivity contribution in [3.8, 4) is 11.5 Å². The van der Waals surface area contributed by atoms with Crippen LogP contribution in [0.3, 0.4) is 0 Å². The summed E-state index contributed by atoms with van der Waals surface area (Å²) in [4.78, 5) is 28.0. The summed E-state index contributed by atoms with van der Waals surface area (Å²) in [6, 6.07) is 12.2. The second-order valence-corrected chi connectivity index (χ2v) is 7.07. The highest BCUT2D eigenvalue weighted by molar-refractivity contribution is 9.10. The number of carbonyl (C=O) groups is 2. The zero-order valence-corrected chi connectivity index (χ0v) is 17.8. The highest BCUT2D eigenvalue weighted by Crippen LogP contribution is 2.32. The molecule has 0 saturated carbocycles. The van der Waals surface area contributed by atoms with E-state index in [1.54, 1.807) is 25.3 Å². The Morgan fingerprint density at radius 1 is 1.07 bits per heavy atom. The van der Waals surface area contributed by atoms with Crippen molar-refractivity contribution in [2.24, 2.45) is 0 Å². The minimum Gasteiger partial charge on any atom is -0.493 e. The zero-order chi connectivity index (χ0) is 21.0. The van der Waals surface area contributed by atoms with Crippen LogP contribution in [0.2, 0.25) is 0 Å². The van der Waals surface area contributed by atoms with E-state index in [4.69, 9.17) is 14.2 Å². The molecule has 29 heavy (non-hydrogen) atoms. The average molecular weight is 461 g/mol. The first-order valence-electron chi connectivity index (χ1n) is 8.84. The van der Waals surface area contributed by atoms with Gasteiger partial charge in [0.25, 0.3) is 5.91 Å². The van der Waals surface area contributed by atoms with Crippen molar-refractivity contribution < 1.29 is 23.8 Å². The topological polar surface area (TPSA) is 89.7 Å². The minimum absolute atomic E-state index is 0.0322. The fourth-order valence-electron chi connectivity index (χ4n) is 3.07. The van der Waals surface area contributed by atoms with Crippen molar-refractivity contribution in [2.45, 2.75) is 12.5 Å². The average Bonchev–Trinajstić information content (AvgIpc) is 3.09. The molecular formula is C21H21BrN2O5. The highest BCUT2D eigenvalue weighted by atomic mass is 79.9. The zero-order valence-electron chi connectivity index (χ0n) is 16.2. The number of H-pyrrole nitrogens is 1. The van der Waals surface area contributed by atoms with E-state index >= 15 is 0 Å². The molecule has 3 aromatic rings. The van der Waals surface area contributed by atoms with Crippen LogP contribution in [-0.4, -0.2) is 38.2 Å². The number of methoxy groups -OCH3 is 3. The van der Waals surface area contributed by atoms with Gasteiger partial charge in [0.15, 0.2) is 11.5 Å². The van der Waals surface area contributed by atoms with Gasteiger partial charge >= 0.3 is 5.97 Å². The molecule has 2 aromatic carbocycles. The maximum atomic E-state index is 13.0. The molecule has 3 rings (SSSR count). The Balaban J connectivity index is 1.93. The Morgan fingerprint density at radius 2 is 1.79 bits per heavy atom. The van der Waals surface area contributed by atoms with E-state index in [0.717, 1.165) is 10.9 Å². The summed E-state index contributed by atoms with van der Waals surface area (Å²) in [6.45, 7) is 0. The van der Waals surface area contributed by atoms with E-state index in [9.17, 15) is 9.59 Å². The molecule has 0 aliphatic heterocycles. The standard InChI is InChI=1S/C21H21BrN2O5/c1-27-16-9-8-12(10-17(16)28-2)15(11-18(25)29-3)24-21(26)20-19(22)13-6-4-5-7-14(13)23-20/h4-10,15,23H,11H2,1-3H3,(H,24,26). The number of fused-ring (bicyclic) bond motifs is 1. The summed E-state index contributed by atoms with van der Waals surface area (Å²) >= 11 is 3.48. The first kappa shape index (κ1) is 20.7. The van der Waals surface area contributed by atoms with Crippen molar-refractivity contribution in [1.29, 1.82) is 0 Å². The number of nitrogens with one attached hydrogen (secondary N) is 2. The maximum Gasteiger partial charge on any atom is 0.307 e. The van der Waals surface area contributed by atoms with Crippen LogP contribution in [-0.2, 0) is 9.53 Å². The number of aromatic nitrogens is 1.